The molecule has 170 valence electrons. The molecule has 33 heavy (non-hydrogen) atoms. The van der Waals surface area contributed by atoms with Crippen LogP contribution in [0.5, 0.6) is 0 Å². The molecule has 5 rings (SSSR count). The van der Waals surface area contributed by atoms with Crippen molar-refractivity contribution in [2.45, 2.75) is 64.0 Å². The average Bonchev–Trinajstić information content (AvgIpc) is 3.20. The zero-order chi connectivity index (χ0) is 23.1. The Balaban J connectivity index is 1.66. The Labute approximate surface area is 194 Å². The zero-order valence-electron chi connectivity index (χ0n) is 19.3. The summed E-state index contributed by atoms with van der Waals surface area (Å²) in [7, 11) is 2.15. The van der Waals surface area contributed by atoms with Crippen molar-refractivity contribution in [2.75, 3.05) is 11.9 Å². The normalized spacial score (nSPS) is 22.7. The van der Waals surface area contributed by atoms with Crippen molar-refractivity contribution in [3.8, 4) is 6.07 Å². The minimum atomic E-state index is -0.700. The highest BCUT2D eigenvalue weighted by atomic mass is 16.4. The van der Waals surface area contributed by atoms with E-state index < -0.39 is 5.97 Å². The lowest BCUT2D eigenvalue weighted by Gasteiger charge is -2.34. The Morgan fingerprint density at radius 1 is 1.21 bits per heavy atom. The third kappa shape index (κ3) is 3.76. The van der Waals surface area contributed by atoms with Crippen molar-refractivity contribution in [1.82, 2.24) is 9.55 Å². The number of rotatable bonds is 4. The maximum absolute atomic E-state index is 11.8. The van der Waals surface area contributed by atoms with Gasteiger partial charge in [0.15, 0.2) is 0 Å². The zero-order valence-corrected chi connectivity index (χ0v) is 19.3. The fraction of sp³-hybridized carbons (Fsp3) is 0.444. The van der Waals surface area contributed by atoms with E-state index in [-0.39, 0.29) is 12.0 Å². The molecule has 0 bridgehead atoms. The van der Waals surface area contributed by atoms with Gasteiger partial charge in [0, 0.05) is 36.8 Å². The van der Waals surface area contributed by atoms with Crippen molar-refractivity contribution in [3.05, 3.63) is 58.9 Å². The average molecular weight is 443 g/mol. The number of hydrogen-bond acceptors (Lipinski definition) is 4. The van der Waals surface area contributed by atoms with Gasteiger partial charge >= 0.3 is 5.97 Å². The van der Waals surface area contributed by atoms with E-state index in [2.05, 4.69) is 41.6 Å². The van der Waals surface area contributed by atoms with Gasteiger partial charge in [-0.15, -0.1) is 0 Å². The summed E-state index contributed by atoms with van der Waals surface area (Å²) in [5.74, 6) is -0.0862. The molecule has 1 N–H and O–H groups in total. The predicted molar refractivity (Wildman–Crippen MR) is 129 cm³/mol. The lowest BCUT2D eigenvalue weighted by atomic mass is 9.85. The molecule has 0 saturated heterocycles. The number of imidazole rings is 1. The molecule has 6 heteroatoms. The number of fused-ring (bicyclic) bond motifs is 3. The molecule has 1 aliphatic heterocycles. The van der Waals surface area contributed by atoms with Gasteiger partial charge < -0.3 is 14.6 Å². The lowest BCUT2D eigenvalue weighted by Crippen LogP contribution is -2.33. The SMILES string of the molecule is CC1CCc2c(ccc3c2nc(Cc2ccccc2C#N)n3[C@@H]2CCCC(C(=O)O)C2)N1C. The topological polar surface area (TPSA) is 82.1 Å². The number of carboxylic acid groups (broad SMARTS) is 1. The first-order chi connectivity index (χ1) is 16.0. The fourth-order valence-electron chi connectivity index (χ4n) is 5.72. The number of aryl methyl sites for hydroxylation is 1. The van der Waals surface area contributed by atoms with Crippen LogP contribution < -0.4 is 4.90 Å². The fourth-order valence-corrected chi connectivity index (χ4v) is 5.72. The molecule has 2 heterocycles. The molecule has 1 aliphatic carbocycles. The molecular formula is C27H30N4O2. The van der Waals surface area contributed by atoms with Crippen LogP contribution in [-0.2, 0) is 17.6 Å². The standard InChI is InChI=1S/C27H30N4O2/c1-17-10-11-22-23(30(17)2)12-13-24-26(22)29-25(15-18-6-3-4-7-20(18)16-28)31(24)21-9-5-8-19(14-21)27(32)33/h3-4,6-7,12-13,17,19,21H,5,8-11,14-15H2,1-2H3,(H,32,33)/t17?,19?,21-/m1/s1. The van der Waals surface area contributed by atoms with E-state index in [0.29, 0.717) is 24.4 Å². The first-order valence-electron chi connectivity index (χ1n) is 11.9. The minimum Gasteiger partial charge on any atom is -0.481 e. The summed E-state index contributed by atoms with van der Waals surface area (Å²) in [5, 5.41) is 19.3. The smallest absolute Gasteiger partial charge is 0.306 e. The van der Waals surface area contributed by atoms with Gasteiger partial charge in [0.25, 0.3) is 0 Å². The maximum Gasteiger partial charge on any atom is 0.306 e. The summed E-state index contributed by atoms with van der Waals surface area (Å²) in [5.41, 5.74) is 6.28. The van der Waals surface area contributed by atoms with Crippen LogP contribution in [0.2, 0.25) is 0 Å². The molecule has 3 atom stereocenters. The summed E-state index contributed by atoms with van der Waals surface area (Å²) in [6, 6.07) is 15.0. The third-order valence-electron chi connectivity index (χ3n) is 7.72. The number of carboxylic acids is 1. The largest absolute Gasteiger partial charge is 0.481 e. The van der Waals surface area contributed by atoms with Crippen LogP contribution >= 0.6 is 0 Å². The van der Waals surface area contributed by atoms with Gasteiger partial charge in [-0.1, -0.05) is 24.6 Å². The summed E-state index contributed by atoms with van der Waals surface area (Å²) < 4.78 is 2.30. The molecule has 0 amide bonds. The third-order valence-corrected chi connectivity index (χ3v) is 7.72. The number of carbonyl (C=O) groups is 1. The highest BCUT2D eigenvalue weighted by molar-refractivity contribution is 5.86. The molecule has 0 radical (unpaired) electrons. The van der Waals surface area contributed by atoms with Crippen LogP contribution in [-0.4, -0.2) is 33.7 Å². The quantitative estimate of drug-likeness (QED) is 0.609. The first-order valence-corrected chi connectivity index (χ1v) is 11.9. The van der Waals surface area contributed by atoms with Crippen molar-refractivity contribution < 1.29 is 9.90 Å². The lowest BCUT2D eigenvalue weighted by molar-refractivity contribution is -0.143. The second-order valence-corrected chi connectivity index (χ2v) is 9.63. The van der Waals surface area contributed by atoms with Crippen LogP contribution in [0, 0.1) is 17.2 Å². The Morgan fingerprint density at radius 3 is 2.82 bits per heavy atom. The van der Waals surface area contributed by atoms with E-state index in [1.165, 1.54) is 11.3 Å². The van der Waals surface area contributed by atoms with Crippen molar-refractivity contribution in [2.24, 2.45) is 5.92 Å². The molecule has 2 aromatic carbocycles. The highest BCUT2D eigenvalue weighted by Crippen LogP contribution is 2.40. The minimum absolute atomic E-state index is 0.104. The van der Waals surface area contributed by atoms with E-state index in [1.807, 2.05) is 24.3 Å². The summed E-state index contributed by atoms with van der Waals surface area (Å²) in [4.78, 5) is 19.3. The number of benzene rings is 2. The van der Waals surface area contributed by atoms with Crippen LogP contribution in [0.1, 0.15) is 67.6 Å². The van der Waals surface area contributed by atoms with Crippen molar-refractivity contribution in [1.29, 1.82) is 5.26 Å². The number of nitriles is 1. The van der Waals surface area contributed by atoms with Gasteiger partial charge in [-0.05, 0) is 62.8 Å². The summed E-state index contributed by atoms with van der Waals surface area (Å²) in [6.07, 6.45) is 5.87. The molecule has 0 spiro atoms. The molecule has 3 aromatic rings. The predicted octanol–water partition coefficient (Wildman–Crippen LogP) is 5.09. The van der Waals surface area contributed by atoms with Gasteiger partial charge in [-0.3, -0.25) is 4.79 Å². The number of aliphatic carboxylic acids is 1. The molecule has 6 nitrogen and oxygen atoms in total. The molecule has 2 unspecified atom stereocenters. The van der Waals surface area contributed by atoms with Gasteiger partial charge in [-0.25, -0.2) is 4.98 Å². The Hall–Kier alpha value is -3.33. The van der Waals surface area contributed by atoms with E-state index in [4.69, 9.17) is 4.98 Å². The van der Waals surface area contributed by atoms with Gasteiger partial charge in [0.1, 0.15) is 5.82 Å². The maximum atomic E-state index is 11.8. The van der Waals surface area contributed by atoms with E-state index in [1.54, 1.807) is 0 Å². The number of aromatic nitrogens is 2. The van der Waals surface area contributed by atoms with Gasteiger partial charge in [0.2, 0.25) is 0 Å². The van der Waals surface area contributed by atoms with E-state index in [0.717, 1.165) is 54.5 Å². The monoisotopic (exact) mass is 442 g/mol. The number of nitrogens with zero attached hydrogens (tertiary/aromatic N) is 4. The van der Waals surface area contributed by atoms with Crippen molar-refractivity contribution >= 4 is 22.7 Å². The molecular weight excluding hydrogens is 412 g/mol. The van der Waals surface area contributed by atoms with Gasteiger partial charge in [-0.2, -0.15) is 5.26 Å². The van der Waals surface area contributed by atoms with E-state index in [9.17, 15) is 15.2 Å². The molecule has 1 saturated carbocycles. The van der Waals surface area contributed by atoms with Crippen LogP contribution in [0.4, 0.5) is 5.69 Å². The summed E-state index contributed by atoms with van der Waals surface area (Å²) >= 11 is 0. The number of hydrogen-bond donors (Lipinski definition) is 1. The number of anilines is 1. The second-order valence-electron chi connectivity index (χ2n) is 9.63. The Kier molecular flexibility index (Phi) is 5.57. The molecule has 1 fully saturated rings. The van der Waals surface area contributed by atoms with E-state index >= 15 is 0 Å². The van der Waals surface area contributed by atoms with Gasteiger partial charge in [0.05, 0.1) is 28.6 Å². The Morgan fingerprint density at radius 2 is 2.03 bits per heavy atom. The second kappa shape index (κ2) is 8.55. The van der Waals surface area contributed by atoms with Crippen LogP contribution in [0.15, 0.2) is 36.4 Å². The first kappa shape index (κ1) is 21.5. The van der Waals surface area contributed by atoms with Crippen LogP contribution in [0.25, 0.3) is 11.0 Å². The highest BCUT2D eigenvalue weighted by Gasteiger charge is 2.32. The van der Waals surface area contributed by atoms with Crippen LogP contribution in [0.3, 0.4) is 0 Å². The molecule has 1 aromatic heterocycles. The molecule has 2 aliphatic rings. The Bertz CT molecular complexity index is 1250. The summed E-state index contributed by atoms with van der Waals surface area (Å²) in [6.45, 7) is 2.25. The van der Waals surface area contributed by atoms with Crippen molar-refractivity contribution in [3.63, 3.8) is 0 Å².